The molecule has 0 aromatic heterocycles. The first-order chi connectivity index (χ1) is 11.5. The van der Waals surface area contributed by atoms with Crippen molar-refractivity contribution in [3.05, 3.63) is 29.8 Å². The monoisotopic (exact) mass is 349 g/mol. The Morgan fingerprint density at radius 2 is 1.92 bits per heavy atom. The van der Waals surface area contributed by atoms with Crippen LogP contribution in [-0.4, -0.2) is 51.9 Å². The van der Waals surface area contributed by atoms with Crippen LogP contribution in [-0.2, 0) is 10.0 Å². The summed E-state index contributed by atoms with van der Waals surface area (Å²) in [6.45, 7) is 3.94. The van der Waals surface area contributed by atoms with Crippen LogP contribution in [0.5, 0.6) is 0 Å². The predicted octanol–water partition coefficient (Wildman–Crippen LogP) is 0.666. The SMILES string of the molecule is O=C(c1cccc(S(=O)(=O)NCC2CC2)c1)N1C[C@H]2CNC[C@H]2C1. The fourth-order valence-corrected chi connectivity index (χ4v) is 4.79. The molecule has 1 aliphatic carbocycles. The van der Waals surface area contributed by atoms with Crippen LogP contribution in [0.3, 0.4) is 0 Å². The van der Waals surface area contributed by atoms with E-state index < -0.39 is 10.0 Å². The lowest BCUT2D eigenvalue weighted by atomic mass is 10.0. The van der Waals surface area contributed by atoms with Crippen LogP contribution in [0.2, 0.25) is 0 Å². The predicted molar refractivity (Wildman–Crippen MR) is 90.1 cm³/mol. The zero-order chi connectivity index (χ0) is 16.7. The molecule has 2 aliphatic heterocycles. The van der Waals surface area contributed by atoms with Crippen LogP contribution in [0.4, 0.5) is 0 Å². The Balaban J connectivity index is 1.48. The van der Waals surface area contributed by atoms with Crippen molar-refractivity contribution < 1.29 is 13.2 Å². The van der Waals surface area contributed by atoms with E-state index in [2.05, 4.69) is 10.0 Å². The zero-order valence-electron chi connectivity index (χ0n) is 13.6. The number of rotatable bonds is 5. The van der Waals surface area contributed by atoms with Crippen molar-refractivity contribution in [2.45, 2.75) is 17.7 Å². The van der Waals surface area contributed by atoms with Gasteiger partial charge in [-0.2, -0.15) is 0 Å². The van der Waals surface area contributed by atoms with Crippen LogP contribution in [0, 0.1) is 17.8 Å². The van der Waals surface area contributed by atoms with Crippen LogP contribution in [0.1, 0.15) is 23.2 Å². The van der Waals surface area contributed by atoms with E-state index in [1.807, 2.05) is 4.90 Å². The third-order valence-corrected chi connectivity index (χ3v) is 6.75. The van der Waals surface area contributed by atoms with Crippen molar-refractivity contribution >= 4 is 15.9 Å². The Kier molecular flexibility index (Phi) is 4.10. The number of likely N-dealkylation sites (tertiary alicyclic amines) is 1. The Labute approximate surface area is 142 Å². The molecule has 130 valence electrons. The molecule has 6 nitrogen and oxygen atoms in total. The molecule has 24 heavy (non-hydrogen) atoms. The highest BCUT2D eigenvalue weighted by atomic mass is 32.2. The van der Waals surface area contributed by atoms with Gasteiger partial charge in [0.05, 0.1) is 4.90 Å². The molecule has 0 unspecified atom stereocenters. The maximum atomic E-state index is 12.7. The van der Waals surface area contributed by atoms with Crippen molar-refractivity contribution in [3.63, 3.8) is 0 Å². The number of hydrogen-bond acceptors (Lipinski definition) is 4. The molecule has 1 amide bonds. The normalized spacial score (nSPS) is 26.6. The van der Waals surface area contributed by atoms with E-state index in [0.717, 1.165) is 39.0 Å². The van der Waals surface area contributed by atoms with Gasteiger partial charge in [-0.3, -0.25) is 4.79 Å². The van der Waals surface area contributed by atoms with Crippen LogP contribution in [0.25, 0.3) is 0 Å². The van der Waals surface area contributed by atoms with Gasteiger partial charge in [-0.25, -0.2) is 13.1 Å². The van der Waals surface area contributed by atoms with E-state index in [1.165, 1.54) is 6.07 Å². The average Bonchev–Trinajstić information content (AvgIpc) is 3.16. The first-order valence-electron chi connectivity index (χ1n) is 8.62. The number of sulfonamides is 1. The number of benzene rings is 1. The molecule has 1 saturated carbocycles. The summed E-state index contributed by atoms with van der Waals surface area (Å²) in [5.41, 5.74) is 0.456. The van der Waals surface area contributed by atoms with Gasteiger partial charge in [0.15, 0.2) is 0 Å². The second kappa shape index (κ2) is 6.13. The summed E-state index contributed by atoms with van der Waals surface area (Å²) >= 11 is 0. The maximum absolute atomic E-state index is 12.7. The third kappa shape index (κ3) is 3.20. The number of carbonyl (C=O) groups is 1. The minimum absolute atomic E-state index is 0.0661. The van der Waals surface area contributed by atoms with Crippen molar-refractivity contribution in [2.24, 2.45) is 17.8 Å². The molecule has 7 heteroatoms. The first-order valence-corrected chi connectivity index (χ1v) is 10.1. The van der Waals surface area contributed by atoms with E-state index in [1.54, 1.807) is 18.2 Å². The van der Waals surface area contributed by atoms with E-state index in [-0.39, 0.29) is 10.8 Å². The van der Waals surface area contributed by atoms with Gasteiger partial charge in [-0.15, -0.1) is 0 Å². The Hall–Kier alpha value is -1.44. The van der Waals surface area contributed by atoms with Gasteiger partial charge in [0.2, 0.25) is 10.0 Å². The number of hydrogen-bond donors (Lipinski definition) is 2. The highest BCUT2D eigenvalue weighted by molar-refractivity contribution is 7.89. The Morgan fingerprint density at radius 1 is 1.21 bits per heavy atom. The van der Waals surface area contributed by atoms with Crippen molar-refractivity contribution in [2.75, 3.05) is 32.7 Å². The molecule has 0 radical (unpaired) electrons. The standard InChI is InChI=1S/C17H23N3O3S/c21-17(20-10-14-8-18-9-15(14)11-20)13-2-1-3-16(6-13)24(22,23)19-7-12-4-5-12/h1-3,6,12,14-15,18-19H,4-5,7-11H2/t14-,15+. The van der Waals surface area contributed by atoms with Gasteiger partial charge in [0, 0.05) is 38.3 Å². The average molecular weight is 349 g/mol. The summed E-state index contributed by atoms with van der Waals surface area (Å²) in [7, 11) is -3.54. The molecule has 0 spiro atoms. The van der Waals surface area contributed by atoms with Gasteiger partial charge in [-0.1, -0.05) is 6.07 Å². The smallest absolute Gasteiger partial charge is 0.253 e. The van der Waals surface area contributed by atoms with E-state index in [0.29, 0.717) is 29.9 Å². The van der Waals surface area contributed by atoms with E-state index >= 15 is 0 Å². The lowest BCUT2D eigenvalue weighted by molar-refractivity contribution is 0.0781. The highest BCUT2D eigenvalue weighted by Gasteiger charge is 2.38. The van der Waals surface area contributed by atoms with Crippen molar-refractivity contribution in [1.82, 2.24) is 14.9 Å². The minimum Gasteiger partial charge on any atom is -0.338 e. The fourth-order valence-electron chi connectivity index (χ4n) is 3.63. The number of fused-ring (bicyclic) bond motifs is 1. The first kappa shape index (κ1) is 16.1. The summed E-state index contributed by atoms with van der Waals surface area (Å²) in [5.74, 6) is 1.47. The summed E-state index contributed by atoms with van der Waals surface area (Å²) in [6.07, 6.45) is 2.18. The van der Waals surface area contributed by atoms with Gasteiger partial charge >= 0.3 is 0 Å². The molecule has 2 heterocycles. The fraction of sp³-hybridized carbons (Fsp3) is 0.588. The number of nitrogens with zero attached hydrogens (tertiary/aromatic N) is 1. The second-order valence-electron chi connectivity index (χ2n) is 7.21. The topological polar surface area (TPSA) is 78.5 Å². The molecule has 2 atom stereocenters. The molecule has 3 fully saturated rings. The molecular formula is C17H23N3O3S. The third-order valence-electron chi connectivity index (χ3n) is 5.33. The molecule has 3 aliphatic rings. The summed E-state index contributed by atoms with van der Waals surface area (Å²) in [5, 5.41) is 3.36. The molecule has 1 aromatic rings. The molecule has 1 aromatic carbocycles. The van der Waals surface area contributed by atoms with Crippen molar-refractivity contribution in [1.29, 1.82) is 0 Å². The maximum Gasteiger partial charge on any atom is 0.253 e. The Bertz CT molecular complexity index is 733. The van der Waals surface area contributed by atoms with Gasteiger partial charge in [-0.05, 0) is 48.8 Å². The zero-order valence-corrected chi connectivity index (χ0v) is 14.4. The van der Waals surface area contributed by atoms with Crippen LogP contribution >= 0.6 is 0 Å². The Morgan fingerprint density at radius 3 is 2.58 bits per heavy atom. The quantitative estimate of drug-likeness (QED) is 0.819. The molecule has 4 rings (SSSR count). The minimum atomic E-state index is -3.54. The molecule has 2 N–H and O–H groups in total. The number of carbonyl (C=O) groups excluding carboxylic acids is 1. The second-order valence-corrected chi connectivity index (χ2v) is 8.98. The molecular weight excluding hydrogens is 326 g/mol. The highest BCUT2D eigenvalue weighted by Crippen LogP contribution is 2.29. The summed E-state index contributed by atoms with van der Waals surface area (Å²) in [4.78, 5) is 14.8. The van der Waals surface area contributed by atoms with Crippen LogP contribution in [0.15, 0.2) is 29.2 Å². The lowest BCUT2D eigenvalue weighted by Gasteiger charge is -2.18. The lowest BCUT2D eigenvalue weighted by Crippen LogP contribution is -2.32. The van der Waals surface area contributed by atoms with Gasteiger partial charge in [0.25, 0.3) is 5.91 Å². The molecule has 2 saturated heterocycles. The van der Waals surface area contributed by atoms with Crippen molar-refractivity contribution in [3.8, 4) is 0 Å². The molecule has 0 bridgehead atoms. The van der Waals surface area contributed by atoms with Gasteiger partial charge < -0.3 is 10.2 Å². The van der Waals surface area contributed by atoms with Gasteiger partial charge in [0.1, 0.15) is 0 Å². The summed E-state index contributed by atoms with van der Waals surface area (Å²) < 4.78 is 27.4. The van der Waals surface area contributed by atoms with E-state index in [4.69, 9.17) is 0 Å². The van der Waals surface area contributed by atoms with E-state index in [9.17, 15) is 13.2 Å². The van der Waals surface area contributed by atoms with Crippen LogP contribution < -0.4 is 10.0 Å². The number of nitrogens with one attached hydrogen (secondary N) is 2. The summed E-state index contributed by atoms with van der Waals surface area (Å²) in [6, 6.07) is 6.41. The number of amides is 1. The largest absolute Gasteiger partial charge is 0.338 e.